The third-order valence-electron chi connectivity index (χ3n) is 2.22. The van der Waals surface area contributed by atoms with E-state index < -0.39 is 11.0 Å². The molecule has 0 saturated heterocycles. The number of benzene rings is 1. The minimum absolute atomic E-state index is 0.453. The lowest BCUT2D eigenvalue weighted by Gasteiger charge is -2.26. The molecule has 16 heavy (non-hydrogen) atoms. The Morgan fingerprint density at radius 2 is 1.75 bits per heavy atom. The first kappa shape index (κ1) is 13.8. The van der Waals surface area contributed by atoms with Crippen LogP contribution >= 0.6 is 34.8 Å². The Bertz CT molecular complexity index is 387. The molecule has 4 heteroatoms. The van der Waals surface area contributed by atoms with Crippen molar-refractivity contribution in [2.24, 2.45) is 0 Å². The maximum Gasteiger partial charge on any atom is 0.191 e. The van der Waals surface area contributed by atoms with Gasteiger partial charge in [0.1, 0.15) is 0 Å². The molecule has 0 heterocycles. The van der Waals surface area contributed by atoms with Gasteiger partial charge in [-0.15, -0.1) is 0 Å². The highest BCUT2D eigenvalue weighted by molar-refractivity contribution is 6.34. The summed E-state index contributed by atoms with van der Waals surface area (Å²) in [4.78, 5) is 0. The van der Waals surface area contributed by atoms with Crippen LogP contribution in [0.1, 0.15) is 25.3 Å². The fraction of sp³-hybridized carbons (Fsp3) is 0.333. The molecule has 88 valence electrons. The molecular weight excluding hydrogens is 269 g/mol. The maximum atomic E-state index is 13.9. The minimum atomic E-state index is -1.92. The lowest BCUT2D eigenvalue weighted by atomic mass is 9.89. The largest absolute Gasteiger partial charge is 0.226 e. The van der Waals surface area contributed by atoms with Gasteiger partial charge in [0.05, 0.1) is 5.92 Å². The summed E-state index contributed by atoms with van der Waals surface area (Å²) in [5.74, 6) is -0.634. The Labute approximate surface area is 110 Å². The Balaban J connectivity index is 3.27. The van der Waals surface area contributed by atoms with Crippen molar-refractivity contribution >= 4 is 34.8 Å². The van der Waals surface area contributed by atoms with Gasteiger partial charge in [-0.1, -0.05) is 47.0 Å². The topological polar surface area (TPSA) is 0 Å². The third-order valence-corrected chi connectivity index (χ3v) is 2.87. The van der Waals surface area contributed by atoms with Crippen LogP contribution in [0.3, 0.4) is 0 Å². The van der Waals surface area contributed by atoms with E-state index in [1.165, 1.54) is 6.92 Å². The van der Waals surface area contributed by atoms with E-state index in [9.17, 15) is 4.39 Å². The molecule has 0 aliphatic rings. The van der Waals surface area contributed by atoms with Gasteiger partial charge in [-0.05, 0) is 37.6 Å². The second kappa shape index (κ2) is 4.95. The number of allylic oxidation sites excluding steroid dienone is 1. The molecule has 0 aliphatic heterocycles. The van der Waals surface area contributed by atoms with E-state index in [1.54, 1.807) is 25.1 Å². The van der Waals surface area contributed by atoms with E-state index in [1.807, 2.05) is 0 Å². The summed E-state index contributed by atoms with van der Waals surface area (Å²) in [6, 6.07) is 4.88. The van der Waals surface area contributed by atoms with Gasteiger partial charge in [-0.3, -0.25) is 0 Å². The van der Waals surface area contributed by atoms with Crippen LogP contribution in [0.15, 0.2) is 30.4 Å². The van der Waals surface area contributed by atoms with E-state index in [0.717, 1.165) is 0 Å². The predicted octanol–water partition coefficient (Wildman–Crippen LogP) is 5.58. The molecule has 0 N–H and O–H groups in total. The summed E-state index contributed by atoms with van der Waals surface area (Å²) in [6.07, 6.45) is 0. The molecule has 2 atom stereocenters. The number of hydrogen-bond acceptors (Lipinski definition) is 0. The van der Waals surface area contributed by atoms with Crippen LogP contribution in [-0.4, -0.2) is 5.13 Å². The van der Waals surface area contributed by atoms with Crippen LogP contribution in [-0.2, 0) is 0 Å². The summed E-state index contributed by atoms with van der Waals surface area (Å²) in [7, 11) is 0. The molecule has 0 spiro atoms. The zero-order chi connectivity index (χ0) is 12.5. The molecule has 0 amide bonds. The van der Waals surface area contributed by atoms with Crippen molar-refractivity contribution in [3.63, 3.8) is 0 Å². The SMILES string of the molecule is C=C(C)C(c1cc(Cl)cc(Cl)c1)C(C)(F)Cl. The Hall–Kier alpha value is -0.240. The highest BCUT2D eigenvalue weighted by atomic mass is 35.5. The average molecular weight is 282 g/mol. The zero-order valence-corrected chi connectivity index (χ0v) is 11.3. The first-order valence-corrected chi connectivity index (χ1v) is 5.84. The van der Waals surface area contributed by atoms with Gasteiger partial charge in [0.2, 0.25) is 0 Å². The van der Waals surface area contributed by atoms with Gasteiger partial charge in [0.25, 0.3) is 0 Å². The zero-order valence-electron chi connectivity index (χ0n) is 9.03. The van der Waals surface area contributed by atoms with Crippen LogP contribution in [0.4, 0.5) is 4.39 Å². The van der Waals surface area contributed by atoms with Crippen molar-refractivity contribution in [2.45, 2.75) is 24.9 Å². The summed E-state index contributed by atoms with van der Waals surface area (Å²) in [5.41, 5.74) is 1.25. The van der Waals surface area contributed by atoms with Gasteiger partial charge < -0.3 is 0 Å². The molecule has 2 unspecified atom stereocenters. The average Bonchev–Trinajstić information content (AvgIpc) is 1.96. The molecule has 1 aromatic rings. The Morgan fingerprint density at radius 1 is 1.31 bits per heavy atom. The van der Waals surface area contributed by atoms with Crippen LogP contribution in [0.5, 0.6) is 0 Å². The van der Waals surface area contributed by atoms with E-state index in [4.69, 9.17) is 34.8 Å². The van der Waals surface area contributed by atoms with E-state index in [0.29, 0.717) is 21.2 Å². The Morgan fingerprint density at radius 3 is 2.06 bits per heavy atom. The maximum absolute atomic E-state index is 13.9. The minimum Gasteiger partial charge on any atom is -0.226 e. The van der Waals surface area contributed by atoms with Crippen molar-refractivity contribution in [2.75, 3.05) is 0 Å². The van der Waals surface area contributed by atoms with Gasteiger partial charge in [0.15, 0.2) is 5.13 Å². The van der Waals surface area contributed by atoms with E-state index in [-0.39, 0.29) is 0 Å². The van der Waals surface area contributed by atoms with Crippen molar-refractivity contribution in [3.05, 3.63) is 46.0 Å². The first-order valence-electron chi connectivity index (χ1n) is 4.71. The second-order valence-corrected chi connectivity index (χ2v) is 5.55. The van der Waals surface area contributed by atoms with Crippen LogP contribution in [0, 0.1) is 0 Å². The highest BCUT2D eigenvalue weighted by Crippen LogP contribution is 2.41. The van der Waals surface area contributed by atoms with Gasteiger partial charge in [-0.2, -0.15) is 0 Å². The van der Waals surface area contributed by atoms with Gasteiger partial charge in [-0.25, -0.2) is 4.39 Å². The standard InChI is InChI=1S/C12H12Cl3F/c1-7(2)11(12(3,15)16)8-4-9(13)6-10(14)5-8/h4-6,11H,1H2,2-3H3. The van der Waals surface area contributed by atoms with Gasteiger partial charge in [0, 0.05) is 10.0 Å². The summed E-state index contributed by atoms with van der Waals surface area (Å²) in [6.45, 7) is 6.76. The van der Waals surface area contributed by atoms with E-state index >= 15 is 0 Å². The quantitative estimate of drug-likeness (QED) is 0.501. The molecule has 0 aliphatic carbocycles. The molecule has 0 saturated carbocycles. The van der Waals surface area contributed by atoms with Gasteiger partial charge >= 0.3 is 0 Å². The smallest absolute Gasteiger partial charge is 0.191 e. The highest BCUT2D eigenvalue weighted by Gasteiger charge is 2.34. The predicted molar refractivity (Wildman–Crippen MR) is 69.4 cm³/mol. The number of hydrogen-bond donors (Lipinski definition) is 0. The summed E-state index contributed by atoms with van der Waals surface area (Å²) < 4.78 is 13.9. The van der Waals surface area contributed by atoms with E-state index in [2.05, 4.69) is 6.58 Å². The van der Waals surface area contributed by atoms with Crippen LogP contribution in [0.2, 0.25) is 10.0 Å². The van der Waals surface area contributed by atoms with Crippen molar-refractivity contribution in [1.82, 2.24) is 0 Å². The Kier molecular flexibility index (Phi) is 4.28. The molecule has 0 fully saturated rings. The second-order valence-electron chi connectivity index (χ2n) is 3.94. The van der Waals surface area contributed by atoms with Crippen molar-refractivity contribution in [3.8, 4) is 0 Å². The molecule has 0 aromatic heterocycles. The van der Waals surface area contributed by atoms with Crippen LogP contribution < -0.4 is 0 Å². The normalized spacial score (nSPS) is 16.6. The molecule has 1 aromatic carbocycles. The fourth-order valence-corrected chi connectivity index (χ4v) is 2.61. The lowest BCUT2D eigenvalue weighted by Crippen LogP contribution is -2.21. The molecule has 0 radical (unpaired) electrons. The molecule has 1 rings (SSSR count). The number of halogens is 4. The number of rotatable bonds is 3. The number of alkyl halides is 2. The fourth-order valence-electron chi connectivity index (χ4n) is 1.75. The van der Waals surface area contributed by atoms with Crippen LogP contribution in [0.25, 0.3) is 0 Å². The summed E-state index contributed by atoms with van der Waals surface area (Å²) >= 11 is 17.5. The summed E-state index contributed by atoms with van der Waals surface area (Å²) in [5, 5.41) is -1.01. The van der Waals surface area contributed by atoms with Crippen molar-refractivity contribution in [1.29, 1.82) is 0 Å². The molecular formula is C12H12Cl3F. The van der Waals surface area contributed by atoms with Crippen molar-refractivity contribution < 1.29 is 4.39 Å². The molecule has 0 nitrogen and oxygen atoms in total. The molecule has 0 bridgehead atoms. The third kappa shape index (κ3) is 3.38. The lowest BCUT2D eigenvalue weighted by molar-refractivity contribution is 0.273. The first-order chi connectivity index (χ1) is 7.21. The monoisotopic (exact) mass is 280 g/mol.